The molecule has 2 aliphatic heterocycles. The molecule has 0 saturated carbocycles. The number of halogens is 1. The van der Waals surface area contributed by atoms with Gasteiger partial charge in [0.15, 0.2) is 0 Å². The Labute approximate surface area is 170 Å². The summed E-state index contributed by atoms with van der Waals surface area (Å²) in [6, 6.07) is 14.4. The topological polar surface area (TPSA) is 53.0 Å². The number of amides is 1. The van der Waals surface area contributed by atoms with Crippen LogP contribution in [0, 0.1) is 6.92 Å². The number of hydrogen-bond donors (Lipinski definition) is 1. The van der Waals surface area contributed by atoms with Gasteiger partial charge in [-0.05, 0) is 49.6 Å². The van der Waals surface area contributed by atoms with Crippen molar-refractivity contribution in [1.82, 2.24) is 9.96 Å². The number of hydroxylamine groups is 2. The normalized spacial score (nSPS) is 25.9. The van der Waals surface area contributed by atoms with E-state index in [2.05, 4.69) is 0 Å². The molecule has 4 rings (SSSR count). The predicted molar refractivity (Wildman–Crippen MR) is 108 cm³/mol. The molecule has 0 radical (unpaired) electrons. The van der Waals surface area contributed by atoms with Crippen LogP contribution in [0.25, 0.3) is 0 Å². The molecular formula is C23H27FN2O3. The van der Waals surface area contributed by atoms with Crippen LogP contribution >= 0.6 is 0 Å². The summed E-state index contributed by atoms with van der Waals surface area (Å²) >= 11 is 0. The second-order valence-electron chi connectivity index (χ2n) is 8.00. The van der Waals surface area contributed by atoms with Crippen LogP contribution in [-0.2, 0) is 16.2 Å². The third-order valence-electron chi connectivity index (χ3n) is 5.95. The van der Waals surface area contributed by atoms with Crippen molar-refractivity contribution in [1.29, 1.82) is 0 Å². The number of phenols is 1. The Morgan fingerprint density at radius 1 is 1.10 bits per heavy atom. The third-order valence-corrected chi connectivity index (χ3v) is 5.95. The van der Waals surface area contributed by atoms with Gasteiger partial charge < -0.3 is 5.11 Å². The highest BCUT2D eigenvalue weighted by molar-refractivity contribution is 5.81. The number of carbonyl (C=O) groups is 1. The van der Waals surface area contributed by atoms with Crippen LogP contribution < -0.4 is 0 Å². The monoisotopic (exact) mass is 398 g/mol. The van der Waals surface area contributed by atoms with Crippen LogP contribution in [0.15, 0.2) is 48.5 Å². The number of carbonyl (C=O) groups excluding carboxylic acids is 1. The highest BCUT2D eigenvalue weighted by Gasteiger charge is 2.39. The quantitative estimate of drug-likeness (QED) is 0.856. The van der Waals surface area contributed by atoms with E-state index >= 15 is 0 Å². The first-order chi connectivity index (χ1) is 14.0. The average molecular weight is 398 g/mol. The van der Waals surface area contributed by atoms with Crippen molar-refractivity contribution in [3.63, 3.8) is 0 Å². The third kappa shape index (κ3) is 4.43. The van der Waals surface area contributed by atoms with Gasteiger partial charge in [0, 0.05) is 12.5 Å². The van der Waals surface area contributed by atoms with Gasteiger partial charge in [-0.1, -0.05) is 42.0 Å². The zero-order chi connectivity index (χ0) is 20.4. The molecule has 1 amide bonds. The summed E-state index contributed by atoms with van der Waals surface area (Å²) in [5.41, 5.74) is 3.08. The van der Waals surface area contributed by atoms with E-state index in [1.54, 1.807) is 24.3 Å². The molecule has 2 aliphatic rings. The van der Waals surface area contributed by atoms with Crippen LogP contribution in [0.2, 0.25) is 0 Å². The second kappa shape index (κ2) is 8.51. The molecule has 2 unspecified atom stereocenters. The lowest BCUT2D eigenvalue weighted by atomic mass is 9.87. The van der Waals surface area contributed by atoms with Gasteiger partial charge in [-0.15, -0.1) is 0 Å². The Morgan fingerprint density at radius 2 is 1.83 bits per heavy atom. The minimum Gasteiger partial charge on any atom is -0.508 e. The molecule has 1 N–H and O–H groups in total. The fraction of sp³-hybridized carbons (Fsp3) is 0.435. The van der Waals surface area contributed by atoms with E-state index in [-0.39, 0.29) is 30.2 Å². The Kier molecular flexibility index (Phi) is 5.83. The van der Waals surface area contributed by atoms with E-state index in [9.17, 15) is 14.3 Å². The summed E-state index contributed by atoms with van der Waals surface area (Å²) in [6.45, 7) is 3.79. The fourth-order valence-corrected chi connectivity index (χ4v) is 4.26. The summed E-state index contributed by atoms with van der Waals surface area (Å²) in [6.07, 6.45) is 0.184. The standard InChI is InChI=1S/C23H27FN2O3/c1-16-2-4-17(5-3-16)14-26-23(28)22(11-13-29-26)25-12-10-20(21(24)15-25)18-6-8-19(27)9-7-18/h2-9,20-22,27H,10-15H2,1H3/t20?,21-,22?/m0/s1. The highest BCUT2D eigenvalue weighted by atomic mass is 19.1. The van der Waals surface area contributed by atoms with Gasteiger partial charge in [-0.2, -0.15) is 0 Å². The number of piperidine rings is 1. The molecule has 29 heavy (non-hydrogen) atoms. The summed E-state index contributed by atoms with van der Waals surface area (Å²) < 4.78 is 15.0. The Morgan fingerprint density at radius 3 is 2.52 bits per heavy atom. The summed E-state index contributed by atoms with van der Waals surface area (Å²) in [4.78, 5) is 20.6. The van der Waals surface area contributed by atoms with Gasteiger partial charge in [0.2, 0.25) is 0 Å². The van der Waals surface area contributed by atoms with Crippen molar-refractivity contribution in [2.45, 2.75) is 44.4 Å². The van der Waals surface area contributed by atoms with Crippen LogP contribution in [0.5, 0.6) is 5.75 Å². The maximum absolute atomic E-state index is 15.0. The van der Waals surface area contributed by atoms with Crippen molar-refractivity contribution in [3.8, 4) is 5.75 Å². The van der Waals surface area contributed by atoms with E-state index in [0.29, 0.717) is 32.5 Å². The number of alkyl halides is 1. The van der Waals surface area contributed by atoms with Crippen LogP contribution in [0.1, 0.15) is 35.4 Å². The first-order valence-corrected chi connectivity index (χ1v) is 10.2. The van der Waals surface area contributed by atoms with Crippen molar-refractivity contribution in [2.24, 2.45) is 0 Å². The van der Waals surface area contributed by atoms with Gasteiger partial charge in [0.1, 0.15) is 11.9 Å². The lowest BCUT2D eigenvalue weighted by molar-refractivity contribution is -0.212. The zero-order valence-corrected chi connectivity index (χ0v) is 16.6. The Balaban J connectivity index is 1.40. The number of benzene rings is 2. The number of phenolic OH excluding ortho intramolecular Hbond substituents is 1. The summed E-state index contributed by atoms with van der Waals surface area (Å²) in [5.74, 6) is -0.111. The summed E-state index contributed by atoms with van der Waals surface area (Å²) in [7, 11) is 0. The minimum atomic E-state index is -1.05. The summed E-state index contributed by atoms with van der Waals surface area (Å²) in [5, 5.41) is 10.9. The molecule has 2 aromatic rings. The highest BCUT2D eigenvalue weighted by Crippen LogP contribution is 2.33. The lowest BCUT2D eigenvalue weighted by Crippen LogP contribution is -2.56. The molecule has 0 spiro atoms. The first kappa shape index (κ1) is 19.9. The van der Waals surface area contributed by atoms with E-state index in [4.69, 9.17) is 4.84 Å². The molecule has 0 aromatic heterocycles. The van der Waals surface area contributed by atoms with E-state index in [1.165, 1.54) is 10.6 Å². The average Bonchev–Trinajstić information content (AvgIpc) is 2.72. The fourth-order valence-electron chi connectivity index (χ4n) is 4.26. The van der Waals surface area contributed by atoms with Gasteiger partial charge >= 0.3 is 0 Å². The van der Waals surface area contributed by atoms with Gasteiger partial charge in [0.25, 0.3) is 5.91 Å². The molecule has 0 aliphatic carbocycles. The number of aryl methyl sites for hydroxylation is 1. The van der Waals surface area contributed by atoms with Crippen molar-refractivity contribution >= 4 is 5.91 Å². The lowest BCUT2D eigenvalue weighted by Gasteiger charge is -2.42. The predicted octanol–water partition coefficient (Wildman–Crippen LogP) is 3.56. The van der Waals surface area contributed by atoms with E-state index in [1.807, 2.05) is 36.1 Å². The largest absolute Gasteiger partial charge is 0.508 e. The zero-order valence-electron chi connectivity index (χ0n) is 16.6. The molecule has 2 saturated heterocycles. The van der Waals surface area contributed by atoms with E-state index in [0.717, 1.165) is 11.1 Å². The number of rotatable bonds is 4. The molecule has 0 bridgehead atoms. The molecule has 2 aromatic carbocycles. The van der Waals surface area contributed by atoms with Crippen LogP contribution in [0.4, 0.5) is 4.39 Å². The molecule has 154 valence electrons. The van der Waals surface area contributed by atoms with Crippen LogP contribution in [0.3, 0.4) is 0 Å². The van der Waals surface area contributed by atoms with E-state index < -0.39 is 6.17 Å². The minimum absolute atomic E-state index is 0.0906. The molecule has 5 nitrogen and oxygen atoms in total. The Hall–Kier alpha value is -2.44. The smallest absolute Gasteiger partial charge is 0.263 e. The molecule has 6 heteroatoms. The molecular weight excluding hydrogens is 371 g/mol. The molecule has 3 atom stereocenters. The SMILES string of the molecule is Cc1ccc(CN2OCCC(N3CCC(c4ccc(O)cc4)[C@@H](F)C3)C2=O)cc1. The number of likely N-dealkylation sites (tertiary alicyclic amines) is 1. The van der Waals surface area contributed by atoms with Crippen LogP contribution in [-0.4, -0.2) is 52.9 Å². The maximum Gasteiger partial charge on any atom is 0.263 e. The molecule has 2 heterocycles. The number of hydrogen-bond acceptors (Lipinski definition) is 4. The number of nitrogens with zero attached hydrogens (tertiary/aromatic N) is 2. The van der Waals surface area contributed by atoms with Crippen molar-refractivity contribution in [2.75, 3.05) is 19.7 Å². The number of aromatic hydroxyl groups is 1. The second-order valence-corrected chi connectivity index (χ2v) is 8.00. The van der Waals surface area contributed by atoms with Crippen molar-refractivity contribution in [3.05, 3.63) is 65.2 Å². The van der Waals surface area contributed by atoms with Gasteiger partial charge in [-0.25, -0.2) is 9.45 Å². The molecule has 2 fully saturated rings. The maximum atomic E-state index is 15.0. The first-order valence-electron chi connectivity index (χ1n) is 10.2. The van der Waals surface area contributed by atoms with Crippen molar-refractivity contribution < 1.29 is 19.1 Å². The van der Waals surface area contributed by atoms with Gasteiger partial charge in [-0.3, -0.25) is 14.5 Å². The van der Waals surface area contributed by atoms with Gasteiger partial charge in [0.05, 0.1) is 19.2 Å². The Bertz CT molecular complexity index is 840.